The Balaban J connectivity index is 1.99. The van der Waals surface area contributed by atoms with E-state index in [0.717, 1.165) is 12.0 Å². The van der Waals surface area contributed by atoms with Gasteiger partial charge in [-0.05, 0) is 37.0 Å². The van der Waals surface area contributed by atoms with Gasteiger partial charge in [0, 0.05) is 19.2 Å². The number of nitrogens with one attached hydrogen (secondary N) is 2. The van der Waals surface area contributed by atoms with E-state index >= 15 is 0 Å². The van der Waals surface area contributed by atoms with Crippen LogP contribution in [0.2, 0.25) is 0 Å². The van der Waals surface area contributed by atoms with Crippen molar-refractivity contribution in [2.75, 3.05) is 11.9 Å². The van der Waals surface area contributed by atoms with Crippen molar-refractivity contribution in [1.82, 2.24) is 15.3 Å². The average molecular weight is 330 g/mol. The highest BCUT2D eigenvalue weighted by Crippen LogP contribution is 2.10. The van der Waals surface area contributed by atoms with Crippen LogP contribution in [0.3, 0.4) is 0 Å². The lowest BCUT2D eigenvalue weighted by molar-refractivity contribution is 0.0946. The second-order valence-corrected chi connectivity index (χ2v) is 6.10. The number of amides is 1. The zero-order valence-corrected chi connectivity index (χ0v) is 14.3. The Hall–Kier alpha value is -2.50. The Morgan fingerprint density at radius 3 is 2.58 bits per heavy atom. The molecule has 1 aromatic carbocycles. The predicted molar refractivity (Wildman–Crippen MR) is 92.3 cm³/mol. The number of anilines is 1. The summed E-state index contributed by atoms with van der Waals surface area (Å²) < 4.78 is 12.9. The summed E-state index contributed by atoms with van der Waals surface area (Å²) in [7, 11) is 0. The third-order valence-electron chi connectivity index (χ3n) is 3.46. The van der Waals surface area contributed by atoms with Crippen LogP contribution in [-0.2, 0) is 6.54 Å². The van der Waals surface area contributed by atoms with Crippen LogP contribution in [0.1, 0.15) is 42.1 Å². The summed E-state index contributed by atoms with van der Waals surface area (Å²) in [5, 5.41) is 6.00. The van der Waals surface area contributed by atoms with E-state index in [0.29, 0.717) is 36.3 Å². The van der Waals surface area contributed by atoms with E-state index in [1.165, 1.54) is 12.1 Å². The molecule has 0 saturated carbocycles. The molecule has 0 radical (unpaired) electrons. The third-order valence-corrected chi connectivity index (χ3v) is 3.46. The second-order valence-electron chi connectivity index (χ2n) is 6.10. The molecule has 0 unspecified atom stereocenters. The second kappa shape index (κ2) is 8.38. The van der Waals surface area contributed by atoms with Crippen molar-refractivity contribution in [1.29, 1.82) is 0 Å². The van der Waals surface area contributed by atoms with Crippen molar-refractivity contribution in [3.05, 3.63) is 53.2 Å². The molecule has 0 spiro atoms. The van der Waals surface area contributed by atoms with E-state index in [1.807, 2.05) is 0 Å². The molecule has 0 fully saturated rings. The summed E-state index contributed by atoms with van der Waals surface area (Å²) in [6.45, 7) is 7.08. The van der Waals surface area contributed by atoms with E-state index < -0.39 is 0 Å². The molecule has 0 bridgehead atoms. The molecule has 0 aliphatic carbocycles. The molecule has 2 aromatic rings. The van der Waals surface area contributed by atoms with Crippen LogP contribution in [0.15, 0.2) is 30.3 Å². The van der Waals surface area contributed by atoms with Gasteiger partial charge in [0.05, 0.1) is 0 Å². The molecular weight excluding hydrogens is 307 g/mol. The molecule has 6 heteroatoms. The molecule has 0 aliphatic rings. The first-order valence-corrected chi connectivity index (χ1v) is 8.06. The first-order chi connectivity index (χ1) is 11.4. The van der Waals surface area contributed by atoms with Crippen LogP contribution in [0, 0.1) is 18.7 Å². The van der Waals surface area contributed by atoms with Crippen LogP contribution < -0.4 is 10.6 Å². The molecule has 1 heterocycles. The Labute approximate surface area is 141 Å². The summed E-state index contributed by atoms with van der Waals surface area (Å²) in [4.78, 5) is 20.6. The Bertz CT molecular complexity index is 686. The minimum atomic E-state index is -0.267. The molecule has 0 aliphatic heterocycles. The number of aryl methyl sites for hydroxylation is 1. The molecule has 128 valence electrons. The molecule has 2 rings (SSSR count). The van der Waals surface area contributed by atoms with Crippen molar-refractivity contribution in [2.45, 2.75) is 33.7 Å². The van der Waals surface area contributed by atoms with Crippen molar-refractivity contribution < 1.29 is 9.18 Å². The maximum Gasteiger partial charge on any atom is 0.270 e. The Kier molecular flexibility index (Phi) is 6.23. The minimum Gasteiger partial charge on any atom is -0.366 e. The van der Waals surface area contributed by atoms with Gasteiger partial charge in [-0.2, -0.15) is 0 Å². The molecule has 1 aromatic heterocycles. The fourth-order valence-electron chi connectivity index (χ4n) is 2.13. The van der Waals surface area contributed by atoms with Crippen LogP contribution in [0.5, 0.6) is 0 Å². The van der Waals surface area contributed by atoms with E-state index in [-0.39, 0.29) is 11.7 Å². The highest BCUT2D eigenvalue weighted by Gasteiger charge is 2.10. The summed E-state index contributed by atoms with van der Waals surface area (Å²) in [6.07, 6.45) is 0.922. The number of rotatable bonds is 7. The van der Waals surface area contributed by atoms with Crippen LogP contribution >= 0.6 is 0 Å². The molecule has 0 saturated heterocycles. The van der Waals surface area contributed by atoms with Gasteiger partial charge < -0.3 is 10.6 Å². The van der Waals surface area contributed by atoms with Crippen molar-refractivity contribution in [2.24, 2.45) is 5.92 Å². The number of aromatic nitrogens is 2. The van der Waals surface area contributed by atoms with Gasteiger partial charge in [-0.1, -0.05) is 26.0 Å². The quantitative estimate of drug-likeness (QED) is 0.817. The lowest BCUT2D eigenvalue weighted by atomic mass is 10.1. The lowest BCUT2D eigenvalue weighted by Gasteiger charge is -2.10. The average Bonchev–Trinajstić information content (AvgIpc) is 2.53. The first-order valence-electron chi connectivity index (χ1n) is 8.06. The number of nitrogens with zero attached hydrogens (tertiary/aromatic N) is 2. The molecule has 1 amide bonds. The van der Waals surface area contributed by atoms with Gasteiger partial charge in [0.15, 0.2) is 0 Å². The van der Waals surface area contributed by atoms with Gasteiger partial charge in [-0.15, -0.1) is 0 Å². The SMILES string of the molecule is Cc1nc(NCc2ccc(F)cc2)cc(C(=O)NCCC(C)C)n1. The summed E-state index contributed by atoms with van der Waals surface area (Å²) >= 11 is 0. The number of hydrogen-bond acceptors (Lipinski definition) is 4. The summed E-state index contributed by atoms with van der Waals surface area (Å²) in [6, 6.07) is 7.86. The minimum absolute atomic E-state index is 0.203. The smallest absolute Gasteiger partial charge is 0.270 e. The molecule has 0 atom stereocenters. The van der Waals surface area contributed by atoms with Crippen molar-refractivity contribution in [3.63, 3.8) is 0 Å². The van der Waals surface area contributed by atoms with Crippen LogP contribution in [0.4, 0.5) is 10.2 Å². The van der Waals surface area contributed by atoms with Gasteiger partial charge in [0.25, 0.3) is 5.91 Å². The number of benzene rings is 1. The fourth-order valence-corrected chi connectivity index (χ4v) is 2.13. The molecular formula is C18H23FN4O. The largest absolute Gasteiger partial charge is 0.366 e. The van der Waals surface area contributed by atoms with E-state index in [9.17, 15) is 9.18 Å². The zero-order valence-electron chi connectivity index (χ0n) is 14.3. The predicted octanol–water partition coefficient (Wildman–Crippen LogP) is 3.31. The number of halogens is 1. The summed E-state index contributed by atoms with van der Waals surface area (Å²) in [5.74, 6) is 1.15. The number of hydrogen-bond donors (Lipinski definition) is 2. The van der Waals surface area contributed by atoms with E-state index in [1.54, 1.807) is 25.1 Å². The highest BCUT2D eigenvalue weighted by atomic mass is 19.1. The zero-order chi connectivity index (χ0) is 17.5. The van der Waals surface area contributed by atoms with Gasteiger partial charge in [-0.3, -0.25) is 4.79 Å². The monoisotopic (exact) mass is 330 g/mol. The Morgan fingerprint density at radius 1 is 1.21 bits per heavy atom. The number of carbonyl (C=O) groups excluding carboxylic acids is 1. The van der Waals surface area contributed by atoms with Gasteiger partial charge in [0.1, 0.15) is 23.2 Å². The maximum atomic E-state index is 12.9. The normalized spacial score (nSPS) is 10.7. The lowest BCUT2D eigenvalue weighted by Crippen LogP contribution is -2.26. The molecule has 5 nitrogen and oxygen atoms in total. The van der Waals surface area contributed by atoms with E-state index in [2.05, 4.69) is 34.4 Å². The topological polar surface area (TPSA) is 66.9 Å². The van der Waals surface area contributed by atoms with Crippen LogP contribution in [-0.4, -0.2) is 22.4 Å². The molecule has 2 N–H and O–H groups in total. The Morgan fingerprint density at radius 2 is 1.92 bits per heavy atom. The van der Waals surface area contributed by atoms with Gasteiger partial charge in [0.2, 0.25) is 0 Å². The van der Waals surface area contributed by atoms with E-state index in [4.69, 9.17) is 0 Å². The van der Waals surface area contributed by atoms with Crippen LogP contribution in [0.25, 0.3) is 0 Å². The maximum absolute atomic E-state index is 12.9. The standard InChI is InChI=1S/C18H23FN4O/c1-12(2)8-9-20-18(24)16-10-17(23-13(3)22-16)21-11-14-4-6-15(19)7-5-14/h4-7,10,12H,8-9,11H2,1-3H3,(H,20,24)(H,21,22,23). The van der Waals surface area contributed by atoms with Crippen molar-refractivity contribution >= 4 is 11.7 Å². The fraction of sp³-hybridized carbons (Fsp3) is 0.389. The van der Waals surface area contributed by atoms with Gasteiger partial charge >= 0.3 is 0 Å². The number of carbonyl (C=O) groups is 1. The highest BCUT2D eigenvalue weighted by molar-refractivity contribution is 5.92. The van der Waals surface area contributed by atoms with Crippen molar-refractivity contribution in [3.8, 4) is 0 Å². The third kappa shape index (κ3) is 5.61. The molecule has 24 heavy (non-hydrogen) atoms. The first kappa shape index (κ1) is 17.8. The van der Waals surface area contributed by atoms with Gasteiger partial charge in [-0.25, -0.2) is 14.4 Å². The summed E-state index contributed by atoms with van der Waals surface area (Å²) in [5.41, 5.74) is 1.27.